The van der Waals surface area contributed by atoms with Gasteiger partial charge in [-0.1, -0.05) is 6.07 Å². The summed E-state index contributed by atoms with van der Waals surface area (Å²) in [5.74, 6) is -0.598. The fourth-order valence-electron chi connectivity index (χ4n) is 2.13. The predicted molar refractivity (Wildman–Crippen MR) is 83.9 cm³/mol. The van der Waals surface area contributed by atoms with Crippen LogP contribution in [0.3, 0.4) is 0 Å². The van der Waals surface area contributed by atoms with E-state index in [1.807, 2.05) is 0 Å². The lowest BCUT2D eigenvalue weighted by molar-refractivity contribution is 0.590. The lowest BCUT2D eigenvalue weighted by Crippen LogP contribution is -2.17. The second-order valence-corrected chi connectivity index (χ2v) is 6.58. The highest BCUT2D eigenvalue weighted by atomic mass is 32.2. The van der Waals surface area contributed by atoms with E-state index >= 15 is 0 Å². The summed E-state index contributed by atoms with van der Waals surface area (Å²) in [7, 11) is -3.93. The molecule has 3 rings (SSSR count). The Morgan fingerprint density at radius 2 is 1.88 bits per heavy atom. The van der Waals surface area contributed by atoms with Gasteiger partial charge in [-0.15, -0.1) is 0 Å². The van der Waals surface area contributed by atoms with Crippen molar-refractivity contribution in [2.24, 2.45) is 0 Å². The van der Waals surface area contributed by atoms with Gasteiger partial charge in [-0.3, -0.25) is 4.72 Å². The molecule has 124 valence electrons. The average Bonchev–Trinajstić information content (AvgIpc) is 2.96. The zero-order valence-corrected chi connectivity index (χ0v) is 13.2. The van der Waals surface area contributed by atoms with Crippen molar-refractivity contribution in [1.82, 2.24) is 20.2 Å². The maximum Gasteiger partial charge on any atom is 0.365 e. The number of hydrogen-bond donors (Lipinski definition) is 2. The van der Waals surface area contributed by atoms with Gasteiger partial charge in [0, 0.05) is 11.3 Å². The topological polar surface area (TPSA) is 110 Å². The van der Waals surface area contributed by atoms with Crippen molar-refractivity contribution in [2.75, 3.05) is 4.72 Å². The lowest BCUT2D eigenvalue weighted by atomic mass is 10.2. The number of nitrogens with zero attached hydrogens (tertiary/aromatic N) is 3. The van der Waals surface area contributed by atoms with Gasteiger partial charge in [-0.05, 0) is 53.7 Å². The summed E-state index contributed by atoms with van der Waals surface area (Å²) in [6.07, 6.45) is 0. The first-order chi connectivity index (χ1) is 11.4. The van der Waals surface area contributed by atoms with Crippen LogP contribution in [0.1, 0.15) is 5.56 Å². The first-order valence-corrected chi connectivity index (χ1v) is 8.25. The molecule has 2 aromatic carbocycles. The number of halogens is 1. The van der Waals surface area contributed by atoms with Crippen molar-refractivity contribution in [3.8, 4) is 5.69 Å². The summed E-state index contributed by atoms with van der Waals surface area (Å²) in [6, 6.07) is 9.77. The van der Waals surface area contributed by atoms with E-state index in [0.29, 0.717) is 5.69 Å². The smallest absolute Gasteiger partial charge is 0.280 e. The Kier molecular flexibility index (Phi) is 3.89. The van der Waals surface area contributed by atoms with E-state index in [2.05, 4.69) is 20.2 Å². The van der Waals surface area contributed by atoms with E-state index in [4.69, 9.17) is 0 Å². The molecule has 3 aromatic rings. The molecule has 0 fully saturated rings. The van der Waals surface area contributed by atoms with Gasteiger partial charge in [0.15, 0.2) is 0 Å². The summed E-state index contributed by atoms with van der Waals surface area (Å²) < 4.78 is 41.7. The highest BCUT2D eigenvalue weighted by Crippen LogP contribution is 2.21. The quantitative estimate of drug-likeness (QED) is 0.735. The molecule has 10 heteroatoms. The third kappa shape index (κ3) is 2.91. The second-order valence-electron chi connectivity index (χ2n) is 4.93. The highest BCUT2D eigenvalue weighted by Gasteiger charge is 2.18. The molecular formula is C14H12FN5O3S. The number of aromatic amines is 1. The monoisotopic (exact) mass is 349 g/mol. The van der Waals surface area contributed by atoms with Gasteiger partial charge in [0.25, 0.3) is 10.0 Å². The van der Waals surface area contributed by atoms with E-state index in [0.717, 1.165) is 4.68 Å². The zero-order chi connectivity index (χ0) is 17.3. The fraction of sp³-hybridized carbons (Fsp3) is 0.0714. The Hall–Kier alpha value is -3.01. The van der Waals surface area contributed by atoms with Gasteiger partial charge in [0.1, 0.15) is 5.82 Å². The molecule has 0 radical (unpaired) electrons. The Morgan fingerprint density at radius 1 is 1.17 bits per heavy atom. The van der Waals surface area contributed by atoms with Gasteiger partial charge in [0.05, 0.1) is 10.6 Å². The molecule has 0 bridgehead atoms. The van der Waals surface area contributed by atoms with Crippen LogP contribution >= 0.6 is 0 Å². The molecular weight excluding hydrogens is 337 g/mol. The first-order valence-electron chi connectivity index (χ1n) is 6.77. The number of aromatic nitrogens is 4. The number of benzene rings is 2. The van der Waals surface area contributed by atoms with E-state index in [9.17, 15) is 17.6 Å². The molecule has 0 saturated carbocycles. The van der Waals surface area contributed by atoms with Gasteiger partial charge in [-0.25, -0.2) is 22.7 Å². The van der Waals surface area contributed by atoms with Crippen LogP contribution in [0, 0.1) is 12.7 Å². The summed E-state index contributed by atoms with van der Waals surface area (Å²) in [6.45, 7) is 1.39. The van der Waals surface area contributed by atoms with Gasteiger partial charge >= 0.3 is 5.69 Å². The van der Waals surface area contributed by atoms with E-state index in [1.54, 1.807) is 0 Å². The van der Waals surface area contributed by atoms with Crippen molar-refractivity contribution < 1.29 is 12.8 Å². The molecule has 0 atom stereocenters. The maximum atomic E-state index is 13.6. The molecule has 0 aliphatic rings. The van der Waals surface area contributed by atoms with Crippen LogP contribution in [0.15, 0.2) is 52.2 Å². The van der Waals surface area contributed by atoms with Crippen LogP contribution in [0.5, 0.6) is 0 Å². The van der Waals surface area contributed by atoms with Crippen molar-refractivity contribution in [3.05, 3.63) is 64.3 Å². The van der Waals surface area contributed by atoms with Gasteiger partial charge in [0.2, 0.25) is 0 Å². The largest absolute Gasteiger partial charge is 0.365 e. The maximum absolute atomic E-state index is 13.6. The molecule has 0 aliphatic heterocycles. The Bertz CT molecular complexity index is 1040. The molecule has 0 unspecified atom stereocenters. The van der Waals surface area contributed by atoms with Crippen molar-refractivity contribution in [3.63, 3.8) is 0 Å². The zero-order valence-electron chi connectivity index (χ0n) is 12.4. The first kappa shape index (κ1) is 15.9. The van der Waals surface area contributed by atoms with Crippen LogP contribution in [0.2, 0.25) is 0 Å². The number of hydrogen-bond acceptors (Lipinski definition) is 5. The molecule has 8 nitrogen and oxygen atoms in total. The van der Waals surface area contributed by atoms with Crippen molar-refractivity contribution in [1.29, 1.82) is 0 Å². The predicted octanol–water partition coefficient (Wildman–Crippen LogP) is 1.20. The highest BCUT2D eigenvalue weighted by molar-refractivity contribution is 7.92. The SMILES string of the molecule is Cc1c(F)cccc1S(=O)(=O)Nc1ccc(-n2nn[nH]c2=O)cc1. The number of rotatable bonds is 4. The number of sulfonamides is 1. The van der Waals surface area contributed by atoms with Gasteiger partial charge < -0.3 is 0 Å². The second kappa shape index (κ2) is 5.89. The van der Waals surface area contributed by atoms with E-state index in [-0.39, 0.29) is 16.1 Å². The number of anilines is 1. The molecule has 0 saturated heterocycles. The Balaban J connectivity index is 1.90. The van der Waals surface area contributed by atoms with Crippen LogP contribution in [-0.4, -0.2) is 28.6 Å². The van der Waals surface area contributed by atoms with Gasteiger partial charge in [-0.2, -0.15) is 4.68 Å². The standard InChI is InChI=1S/C14H12FN5O3S/c1-9-12(15)3-2-4-13(9)24(22,23)17-10-5-7-11(8-6-10)20-14(21)16-18-19-20/h2-8,17H,1H3,(H,16,19,21). The molecule has 1 aromatic heterocycles. The average molecular weight is 349 g/mol. The number of H-pyrrole nitrogens is 1. The van der Waals surface area contributed by atoms with E-state index in [1.165, 1.54) is 49.4 Å². The molecule has 0 aliphatic carbocycles. The third-order valence-electron chi connectivity index (χ3n) is 3.34. The number of nitrogens with one attached hydrogen (secondary N) is 2. The van der Waals surface area contributed by atoms with Crippen LogP contribution < -0.4 is 10.4 Å². The van der Waals surface area contributed by atoms with E-state index < -0.39 is 21.5 Å². The minimum Gasteiger partial charge on any atom is -0.280 e. The summed E-state index contributed by atoms with van der Waals surface area (Å²) in [5, 5.41) is 9.10. The molecule has 24 heavy (non-hydrogen) atoms. The summed E-state index contributed by atoms with van der Waals surface area (Å²) in [5.41, 5.74) is 0.201. The number of tetrazole rings is 1. The summed E-state index contributed by atoms with van der Waals surface area (Å²) >= 11 is 0. The minimum atomic E-state index is -3.93. The molecule has 0 amide bonds. The van der Waals surface area contributed by atoms with Crippen LogP contribution in [-0.2, 0) is 10.0 Å². The molecule has 0 spiro atoms. The summed E-state index contributed by atoms with van der Waals surface area (Å²) in [4.78, 5) is 11.3. The lowest BCUT2D eigenvalue weighted by Gasteiger charge is -2.11. The Labute approximate surface area is 136 Å². The van der Waals surface area contributed by atoms with Crippen LogP contribution in [0.4, 0.5) is 10.1 Å². The molecule has 2 N–H and O–H groups in total. The van der Waals surface area contributed by atoms with Crippen molar-refractivity contribution in [2.45, 2.75) is 11.8 Å². The third-order valence-corrected chi connectivity index (χ3v) is 4.87. The fourth-order valence-corrected chi connectivity index (χ4v) is 3.44. The molecule has 1 heterocycles. The normalized spacial score (nSPS) is 11.4. The van der Waals surface area contributed by atoms with Crippen molar-refractivity contribution >= 4 is 15.7 Å². The minimum absolute atomic E-state index is 0.0377. The Morgan fingerprint density at radius 3 is 2.50 bits per heavy atom. The van der Waals surface area contributed by atoms with Crippen LogP contribution in [0.25, 0.3) is 5.69 Å².